The van der Waals surface area contributed by atoms with Gasteiger partial charge in [0.2, 0.25) is 0 Å². The van der Waals surface area contributed by atoms with Crippen LogP contribution in [0, 0.1) is 0 Å². The quantitative estimate of drug-likeness (QED) is 0.683. The smallest absolute Gasteiger partial charge is 0.251 e. The van der Waals surface area contributed by atoms with Crippen LogP contribution in [0.15, 0.2) is 48.0 Å². The van der Waals surface area contributed by atoms with E-state index in [4.69, 9.17) is 11.6 Å². The third kappa shape index (κ3) is 4.29. The van der Waals surface area contributed by atoms with Gasteiger partial charge in [-0.05, 0) is 25.1 Å². The molecular formula is C16H15ClN6O3S. The summed E-state index contributed by atoms with van der Waals surface area (Å²) in [5.74, 6) is 0.459. The summed E-state index contributed by atoms with van der Waals surface area (Å²) in [4.78, 5) is 24.7. The van der Waals surface area contributed by atoms with Crippen molar-refractivity contribution in [3.05, 3.63) is 59.5 Å². The van der Waals surface area contributed by atoms with Gasteiger partial charge in [0.1, 0.15) is 12.7 Å². The molecule has 9 nitrogen and oxygen atoms in total. The fraction of sp³-hybridized carbons (Fsp3) is 0.188. The van der Waals surface area contributed by atoms with Gasteiger partial charge in [-0.1, -0.05) is 11.6 Å². The van der Waals surface area contributed by atoms with E-state index >= 15 is 0 Å². The number of nitrogens with one attached hydrogen (secondary N) is 1. The van der Waals surface area contributed by atoms with Gasteiger partial charge in [-0.3, -0.25) is 4.79 Å². The van der Waals surface area contributed by atoms with Crippen LogP contribution in [0.4, 0.5) is 0 Å². The summed E-state index contributed by atoms with van der Waals surface area (Å²) >= 11 is 5.96. The summed E-state index contributed by atoms with van der Waals surface area (Å²) in [6.07, 6.45) is 5.34. The summed E-state index contributed by atoms with van der Waals surface area (Å²) in [5, 5.41) is 7.02. The Morgan fingerprint density at radius 3 is 2.67 bits per heavy atom. The van der Waals surface area contributed by atoms with Crippen LogP contribution in [-0.4, -0.2) is 45.3 Å². The normalized spacial score (nSPS) is 12.6. The average molecular weight is 407 g/mol. The van der Waals surface area contributed by atoms with E-state index in [1.807, 2.05) is 0 Å². The molecular weight excluding hydrogens is 392 g/mol. The lowest BCUT2D eigenvalue weighted by molar-refractivity contribution is 0.0937. The van der Waals surface area contributed by atoms with E-state index in [0.29, 0.717) is 11.6 Å². The van der Waals surface area contributed by atoms with Crippen molar-refractivity contribution in [1.82, 2.24) is 30.0 Å². The highest BCUT2D eigenvalue weighted by Crippen LogP contribution is 2.20. The van der Waals surface area contributed by atoms with E-state index in [1.165, 1.54) is 35.5 Å². The minimum absolute atomic E-state index is 0.0306. The SMILES string of the molecule is C[C@H](NC(=O)c1cc(Cl)cc(S(C)(=O)=O)c1)c1ncnn1-c1ccncn1. The fourth-order valence-electron chi connectivity index (χ4n) is 2.38. The first-order valence-corrected chi connectivity index (χ1v) is 10.0. The van der Waals surface area contributed by atoms with Gasteiger partial charge in [0, 0.05) is 29.1 Å². The Morgan fingerprint density at radius 1 is 1.22 bits per heavy atom. The second-order valence-corrected chi connectivity index (χ2v) is 8.19. The van der Waals surface area contributed by atoms with Crippen LogP contribution in [0.25, 0.3) is 5.82 Å². The molecule has 0 spiro atoms. The van der Waals surface area contributed by atoms with E-state index in [9.17, 15) is 13.2 Å². The Morgan fingerprint density at radius 2 is 2.00 bits per heavy atom. The van der Waals surface area contributed by atoms with Gasteiger partial charge in [0.15, 0.2) is 21.5 Å². The van der Waals surface area contributed by atoms with Gasteiger partial charge < -0.3 is 5.32 Å². The number of rotatable bonds is 5. The average Bonchev–Trinajstić information content (AvgIpc) is 3.11. The molecule has 27 heavy (non-hydrogen) atoms. The first-order valence-electron chi connectivity index (χ1n) is 7.73. The molecule has 3 rings (SSSR count). The first kappa shape index (κ1) is 18.9. The van der Waals surface area contributed by atoms with E-state index < -0.39 is 21.8 Å². The third-order valence-electron chi connectivity index (χ3n) is 3.65. The molecule has 0 saturated carbocycles. The highest BCUT2D eigenvalue weighted by molar-refractivity contribution is 7.90. The largest absolute Gasteiger partial charge is 0.342 e. The Kier molecular flexibility index (Phi) is 5.19. The molecule has 0 aliphatic carbocycles. The van der Waals surface area contributed by atoms with E-state index in [1.54, 1.807) is 19.2 Å². The van der Waals surface area contributed by atoms with Crippen molar-refractivity contribution in [2.75, 3.05) is 6.26 Å². The zero-order chi connectivity index (χ0) is 19.6. The summed E-state index contributed by atoms with van der Waals surface area (Å²) < 4.78 is 25.0. The Hall–Kier alpha value is -2.85. The van der Waals surface area contributed by atoms with Crippen molar-refractivity contribution < 1.29 is 13.2 Å². The van der Waals surface area contributed by atoms with Gasteiger partial charge >= 0.3 is 0 Å². The molecule has 0 aliphatic heterocycles. The van der Waals surface area contributed by atoms with Crippen LogP contribution < -0.4 is 5.32 Å². The maximum Gasteiger partial charge on any atom is 0.251 e. The van der Waals surface area contributed by atoms with Gasteiger partial charge in [-0.2, -0.15) is 9.78 Å². The number of amides is 1. The van der Waals surface area contributed by atoms with Crippen LogP contribution in [0.5, 0.6) is 0 Å². The van der Waals surface area contributed by atoms with E-state index in [2.05, 4.69) is 25.4 Å². The van der Waals surface area contributed by atoms with Crippen molar-refractivity contribution in [1.29, 1.82) is 0 Å². The molecule has 0 fully saturated rings. The minimum Gasteiger partial charge on any atom is -0.342 e. The maximum absolute atomic E-state index is 12.6. The highest BCUT2D eigenvalue weighted by atomic mass is 35.5. The van der Waals surface area contributed by atoms with E-state index in [0.717, 1.165) is 6.26 Å². The molecule has 0 aliphatic rings. The molecule has 0 unspecified atom stereocenters. The number of nitrogens with zero attached hydrogens (tertiary/aromatic N) is 5. The first-order chi connectivity index (χ1) is 12.8. The molecule has 1 amide bonds. The fourth-order valence-corrected chi connectivity index (χ4v) is 3.37. The van der Waals surface area contributed by atoms with Gasteiger partial charge in [0.05, 0.1) is 10.9 Å². The molecule has 1 aromatic carbocycles. The van der Waals surface area contributed by atoms with Gasteiger partial charge in [0.25, 0.3) is 5.91 Å². The molecule has 0 radical (unpaired) electrons. The van der Waals surface area contributed by atoms with Crippen molar-refractivity contribution in [3.63, 3.8) is 0 Å². The summed E-state index contributed by atoms with van der Waals surface area (Å²) in [7, 11) is -3.50. The summed E-state index contributed by atoms with van der Waals surface area (Å²) in [5.41, 5.74) is 0.128. The van der Waals surface area contributed by atoms with Crippen LogP contribution in [0.3, 0.4) is 0 Å². The van der Waals surface area contributed by atoms with Crippen molar-refractivity contribution in [2.24, 2.45) is 0 Å². The number of sulfone groups is 1. The molecule has 2 heterocycles. The van der Waals surface area contributed by atoms with Crippen molar-refractivity contribution in [2.45, 2.75) is 17.9 Å². The molecule has 1 atom stereocenters. The van der Waals surface area contributed by atoms with Gasteiger partial charge in [-0.15, -0.1) is 0 Å². The Labute approximate surface area is 160 Å². The second-order valence-electron chi connectivity index (χ2n) is 5.74. The number of aromatic nitrogens is 5. The summed E-state index contributed by atoms with van der Waals surface area (Å²) in [6, 6.07) is 5.09. The molecule has 140 valence electrons. The Balaban J connectivity index is 1.86. The van der Waals surface area contributed by atoms with E-state index in [-0.39, 0.29) is 15.5 Å². The maximum atomic E-state index is 12.6. The summed E-state index contributed by atoms with van der Waals surface area (Å²) in [6.45, 7) is 1.72. The molecule has 0 bridgehead atoms. The van der Waals surface area contributed by atoms with Crippen LogP contribution in [0.2, 0.25) is 5.02 Å². The molecule has 2 aromatic heterocycles. The van der Waals surface area contributed by atoms with Crippen LogP contribution >= 0.6 is 11.6 Å². The second kappa shape index (κ2) is 7.41. The highest BCUT2D eigenvalue weighted by Gasteiger charge is 2.20. The molecule has 11 heteroatoms. The lowest BCUT2D eigenvalue weighted by Gasteiger charge is -2.14. The van der Waals surface area contributed by atoms with Crippen molar-refractivity contribution in [3.8, 4) is 5.82 Å². The zero-order valence-electron chi connectivity index (χ0n) is 14.4. The number of hydrogen-bond acceptors (Lipinski definition) is 7. The Bertz CT molecular complexity index is 1080. The molecule has 1 N–H and O–H groups in total. The predicted octanol–water partition coefficient (Wildman–Crippen LogP) is 1.61. The number of carbonyl (C=O) groups excluding carboxylic acids is 1. The van der Waals surface area contributed by atoms with Gasteiger partial charge in [-0.25, -0.2) is 23.4 Å². The topological polar surface area (TPSA) is 120 Å². The predicted molar refractivity (Wildman–Crippen MR) is 97.4 cm³/mol. The molecule has 3 aromatic rings. The monoisotopic (exact) mass is 406 g/mol. The van der Waals surface area contributed by atoms with Crippen LogP contribution in [-0.2, 0) is 9.84 Å². The van der Waals surface area contributed by atoms with Crippen molar-refractivity contribution >= 4 is 27.3 Å². The number of hydrogen-bond donors (Lipinski definition) is 1. The standard InChI is InChI=1S/C16H15ClN6O3S/c1-10(15-20-9-21-23(15)14-3-4-18-8-19-14)22-16(24)11-5-12(17)7-13(6-11)27(2,25)26/h3-10H,1-2H3,(H,22,24)/t10-/m0/s1. The zero-order valence-corrected chi connectivity index (χ0v) is 15.9. The number of halogens is 1. The molecule has 0 saturated heterocycles. The van der Waals surface area contributed by atoms with Crippen LogP contribution in [0.1, 0.15) is 29.1 Å². The lowest BCUT2D eigenvalue weighted by Crippen LogP contribution is -2.29. The number of carbonyl (C=O) groups is 1. The minimum atomic E-state index is -3.50. The lowest BCUT2D eigenvalue weighted by atomic mass is 10.2. The number of benzene rings is 1. The third-order valence-corrected chi connectivity index (χ3v) is 4.96.